The third-order valence-corrected chi connectivity index (χ3v) is 5.90. The van der Waals surface area contributed by atoms with Gasteiger partial charge in [0.05, 0.1) is 23.9 Å². The molecule has 1 amide bonds. The lowest BCUT2D eigenvalue weighted by molar-refractivity contribution is -0.125. The van der Waals surface area contributed by atoms with Crippen LogP contribution in [0.3, 0.4) is 0 Å². The van der Waals surface area contributed by atoms with Gasteiger partial charge < -0.3 is 15.0 Å². The Morgan fingerprint density at radius 3 is 2.81 bits per heavy atom. The average Bonchev–Trinajstić information content (AvgIpc) is 2.82. The molecule has 2 aromatic carbocycles. The molecule has 3 aromatic rings. The zero-order chi connectivity index (χ0) is 21.8. The molecule has 0 bridgehead atoms. The van der Waals surface area contributed by atoms with Gasteiger partial charge in [0.1, 0.15) is 11.8 Å². The number of amides is 1. The molecular weight excluding hydrogens is 388 g/mol. The molecule has 0 spiro atoms. The summed E-state index contributed by atoms with van der Waals surface area (Å²) in [5.74, 6) is 0.841. The van der Waals surface area contributed by atoms with Gasteiger partial charge in [-0.15, -0.1) is 0 Å². The van der Waals surface area contributed by atoms with E-state index >= 15 is 0 Å². The molecule has 1 aromatic heterocycles. The minimum absolute atomic E-state index is 0.0257. The third-order valence-electron chi connectivity index (χ3n) is 5.90. The van der Waals surface area contributed by atoms with Crippen LogP contribution in [0.1, 0.15) is 29.5 Å². The van der Waals surface area contributed by atoms with E-state index in [2.05, 4.69) is 27.3 Å². The van der Waals surface area contributed by atoms with Crippen molar-refractivity contribution in [1.82, 2.24) is 10.3 Å². The van der Waals surface area contributed by atoms with Crippen LogP contribution in [0.4, 0.5) is 5.69 Å². The van der Waals surface area contributed by atoms with Crippen molar-refractivity contribution in [3.8, 4) is 11.8 Å². The molecule has 2 heterocycles. The number of benzene rings is 2. The van der Waals surface area contributed by atoms with E-state index in [1.807, 2.05) is 43.3 Å². The SMILES string of the molecule is COc1cccc(CNC(=O)C2CCN(c3c(C#N)cnc4ccc(C)cc34)CC2)c1. The Labute approximate surface area is 182 Å². The highest BCUT2D eigenvalue weighted by Crippen LogP contribution is 2.33. The quantitative estimate of drug-likeness (QED) is 0.684. The highest BCUT2D eigenvalue weighted by atomic mass is 16.5. The van der Waals surface area contributed by atoms with Crippen LogP contribution >= 0.6 is 0 Å². The predicted octanol–water partition coefficient (Wildman–Crippen LogP) is 3.96. The molecule has 0 atom stereocenters. The third kappa shape index (κ3) is 4.46. The number of aromatic nitrogens is 1. The molecule has 4 rings (SSSR count). The van der Waals surface area contributed by atoms with E-state index in [-0.39, 0.29) is 11.8 Å². The number of rotatable bonds is 5. The number of hydrogen-bond acceptors (Lipinski definition) is 5. The summed E-state index contributed by atoms with van der Waals surface area (Å²) in [6.07, 6.45) is 3.16. The fraction of sp³-hybridized carbons (Fsp3) is 0.320. The van der Waals surface area contributed by atoms with Gasteiger partial charge in [0.25, 0.3) is 0 Å². The lowest BCUT2D eigenvalue weighted by atomic mass is 9.94. The molecule has 6 nitrogen and oxygen atoms in total. The number of hydrogen-bond donors (Lipinski definition) is 1. The van der Waals surface area contributed by atoms with Gasteiger partial charge in [0.2, 0.25) is 5.91 Å². The second kappa shape index (κ2) is 9.05. The summed E-state index contributed by atoms with van der Waals surface area (Å²) in [6, 6.07) is 16.1. The van der Waals surface area contributed by atoms with Gasteiger partial charge in [-0.1, -0.05) is 23.8 Å². The molecule has 1 aliphatic heterocycles. The first-order valence-electron chi connectivity index (χ1n) is 10.5. The van der Waals surface area contributed by atoms with E-state index in [4.69, 9.17) is 4.74 Å². The molecule has 1 N–H and O–H groups in total. The van der Waals surface area contributed by atoms with Crippen molar-refractivity contribution < 1.29 is 9.53 Å². The molecule has 0 unspecified atom stereocenters. The average molecular weight is 415 g/mol. The van der Waals surface area contributed by atoms with E-state index in [9.17, 15) is 10.1 Å². The number of carbonyl (C=O) groups is 1. The smallest absolute Gasteiger partial charge is 0.223 e. The van der Waals surface area contributed by atoms with E-state index in [1.165, 1.54) is 0 Å². The van der Waals surface area contributed by atoms with E-state index < -0.39 is 0 Å². The van der Waals surface area contributed by atoms with Crippen molar-refractivity contribution in [3.63, 3.8) is 0 Å². The minimum atomic E-state index is -0.0257. The van der Waals surface area contributed by atoms with Crippen LogP contribution in [0.5, 0.6) is 5.75 Å². The Kier molecular flexibility index (Phi) is 6.03. The van der Waals surface area contributed by atoms with Crippen molar-refractivity contribution >= 4 is 22.5 Å². The number of nitrogens with one attached hydrogen (secondary N) is 1. The fourth-order valence-electron chi connectivity index (χ4n) is 4.20. The van der Waals surface area contributed by atoms with Crippen LogP contribution in [0.15, 0.2) is 48.7 Å². The number of aryl methyl sites for hydroxylation is 1. The van der Waals surface area contributed by atoms with Gasteiger partial charge in [-0.3, -0.25) is 9.78 Å². The van der Waals surface area contributed by atoms with Gasteiger partial charge in [-0.2, -0.15) is 5.26 Å². The Balaban J connectivity index is 1.43. The first kappa shape index (κ1) is 20.7. The van der Waals surface area contributed by atoms with Gasteiger partial charge >= 0.3 is 0 Å². The number of fused-ring (bicyclic) bond motifs is 1. The summed E-state index contributed by atoms with van der Waals surface area (Å²) >= 11 is 0. The summed E-state index contributed by atoms with van der Waals surface area (Å²) in [4.78, 5) is 19.4. The second-order valence-corrected chi connectivity index (χ2v) is 7.98. The molecule has 31 heavy (non-hydrogen) atoms. The summed E-state index contributed by atoms with van der Waals surface area (Å²) in [5.41, 5.74) is 4.56. The zero-order valence-electron chi connectivity index (χ0n) is 17.9. The van der Waals surface area contributed by atoms with E-state index in [1.54, 1.807) is 13.3 Å². The number of nitriles is 1. The van der Waals surface area contributed by atoms with Crippen LogP contribution in [0.25, 0.3) is 10.9 Å². The summed E-state index contributed by atoms with van der Waals surface area (Å²) in [7, 11) is 1.64. The maximum absolute atomic E-state index is 12.7. The Morgan fingerprint density at radius 1 is 1.26 bits per heavy atom. The van der Waals surface area contributed by atoms with Crippen LogP contribution < -0.4 is 15.0 Å². The van der Waals surface area contributed by atoms with Crippen molar-refractivity contribution in [3.05, 3.63) is 65.4 Å². The highest BCUT2D eigenvalue weighted by molar-refractivity contribution is 5.95. The lowest BCUT2D eigenvalue weighted by Gasteiger charge is -2.34. The molecule has 0 radical (unpaired) electrons. The molecule has 1 fully saturated rings. The molecule has 0 aliphatic carbocycles. The Morgan fingerprint density at radius 2 is 2.06 bits per heavy atom. The van der Waals surface area contributed by atoms with Gasteiger partial charge in [-0.05, 0) is 49.6 Å². The number of carbonyl (C=O) groups excluding carboxylic acids is 1. The molecule has 1 aliphatic rings. The Bertz CT molecular complexity index is 1140. The lowest BCUT2D eigenvalue weighted by Crippen LogP contribution is -2.40. The van der Waals surface area contributed by atoms with Crippen LogP contribution in [-0.4, -0.2) is 31.1 Å². The number of anilines is 1. The highest BCUT2D eigenvalue weighted by Gasteiger charge is 2.27. The number of pyridine rings is 1. The standard InChI is InChI=1S/C25H26N4O2/c1-17-6-7-23-22(12-17)24(20(14-26)16-27-23)29-10-8-19(9-11-29)25(30)28-15-18-4-3-5-21(13-18)31-2/h3-7,12-13,16,19H,8-11,15H2,1-2H3,(H,28,30). The predicted molar refractivity (Wildman–Crippen MR) is 121 cm³/mol. The van der Waals surface area contributed by atoms with Crippen LogP contribution in [-0.2, 0) is 11.3 Å². The number of piperidine rings is 1. The first-order chi connectivity index (χ1) is 15.1. The molecule has 1 saturated heterocycles. The number of nitrogens with zero attached hydrogens (tertiary/aromatic N) is 3. The zero-order valence-corrected chi connectivity index (χ0v) is 17.9. The van der Waals surface area contributed by atoms with Gasteiger partial charge in [-0.25, -0.2) is 0 Å². The minimum Gasteiger partial charge on any atom is -0.497 e. The van der Waals surface area contributed by atoms with Crippen molar-refractivity contribution in [1.29, 1.82) is 5.26 Å². The van der Waals surface area contributed by atoms with E-state index in [0.717, 1.165) is 59.4 Å². The molecular formula is C25H26N4O2. The fourth-order valence-corrected chi connectivity index (χ4v) is 4.20. The maximum Gasteiger partial charge on any atom is 0.223 e. The molecule has 0 saturated carbocycles. The normalized spacial score (nSPS) is 14.3. The largest absolute Gasteiger partial charge is 0.497 e. The Hall–Kier alpha value is -3.59. The summed E-state index contributed by atoms with van der Waals surface area (Å²) in [5, 5.41) is 13.7. The molecule has 158 valence electrons. The summed E-state index contributed by atoms with van der Waals surface area (Å²) < 4.78 is 5.24. The van der Waals surface area contributed by atoms with Crippen molar-refractivity contribution in [2.45, 2.75) is 26.3 Å². The topological polar surface area (TPSA) is 78.2 Å². The number of ether oxygens (including phenoxy) is 1. The van der Waals surface area contributed by atoms with Crippen LogP contribution in [0, 0.1) is 24.2 Å². The van der Waals surface area contributed by atoms with Crippen molar-refractivity contribution in [2.75, 3.05) is 25.1 Å². The molecule has 6 heteroatoms. The second-order valence-electron chi connectivity index (χ2n) is 7.98. The number of methoxy groups -OCH3 is 1. The monoisotopic (exact) mass is 414 g/mol. The van der Waals surface area contributed by atoms with Gasteiger partial charge in [0, 0.05) is 37.1 Å². The first-order valence-corrected chi connectivity index (χ1v) is 10.5. The van der Waals surface area contributed by atoms with Gasteiger partial charge in [0.15, 0.2) is 0 Å². The van der Waals surface area contributed by atoms with E-state index in [0.29, 0.717) is 12.1 Å². The maximum atomic E-state index is 12.7. The summed E-state index contributed by atoms with van der Waals surface area (Å²) in [6.45, 7) is 4.00. The van der Waals surface area contributed by atoms with Crippen molar-refractivity contribution in [2.24, 2.45) is 5.92 Å². The van der Waals surface area contributed by atoms with Crippen LogP contribution in [0.2, 0.25) is 0 Å².